The van der Waals surface area contributed by atoms with Crippen molar-refractivity contribution < 1.29 is 0 Å². The minimum absolute atomic E-state index is 0.0437. The maximum Gasteiger partial charge on any atom is 0.165 e. The second-order valence-electron chi connectivity index (χ2n) is 18.9. The molecule has 1 N–H and O–H groups in total. The van der Waals surface area contributed by atoms with Crippen LogP contribution in [0.2, 0.25) is 0 Å². The fourth-order valence-corrected chi connectivity index (χ4v) is 7.06. The van der Waals surface area contributed by atoms with Gasteiger partial charge in [0.15, 0.2) is 11.6 Å². The topological polar surface area (TPSA) is 54.5 Å². The van der Waals surface area contributed by atoms with Crippen molar-refractivity contribution in [3.8, 4) is 45.0 Å². The van der Waals surface area contributed by atoms with Gasteiger partial charge in [0.05, 0.1) is 5.52 Å². The van der Waals surface area contributed by atoms with E-state index in [9.17, 15) is 0 Å². The second kappa shape index (κ2) is 12.8. The molecule has 53 heavy (non-hydrogen) atoms. The largest absolute Gasteiger partial charge is 0.354 e. The van der Waals surface area contributed by atoms with Gasteiger partial charge in [-0.3, -0.25) is 0 Å². The van der Waals surface area contributed by atoms with Gasteiger partial charge in [0.25, 0.3) is 0 Å². The zero-order valence-electron chi connectivity index (χ0n) is 33.7. The highest BCUT2D eigenvalue weighted by Crippen LogP contribution is 2.39. The molecule has 2 heterocycles. The summed E-state index contributed by atoms with van der Waals surface area (Å²) in [5, 5.41) is 2.42. The minimum Gasteiger partial charge on any atom is -0.354 e. The molecule has 0 saturated carbocycles. The van der Waals surface area contributed by atoms with Crippen LogP contribution in [0.5, 0.6) is 0 Å². The van der Waals surface area contributed by atoms with E-state index in [4.69, 9.17) is 15.0 Å². The predicted molar refractivity (Wildman–Crippen MR) is 226 cm³/mol. The molecule has 0 atom stereocenters. The zero-order valence-corrected chi connectivity index (χ0v) is 33.7. The van der Waals surface area contributed by atoms with Crippen molar-refractivity contribution in [3.63, 3.8) is 0 Å². The van der Waals surface area contributed by atoms with Gasteiger partial charge in [-0.25, -0.2) is 15.0 Å². The first-order valence-electron chi connectivity index (χ1n) is 18.9. The molecule has 0 unspecified atom stereocenters. The molecule has 4 heteroatoms. The first-order valence-corrected chi connectivity index (χ1v) is 18.9. The Labute approximate surface area is 316 Å². The van der Waals surface area contributed by atoms with Gasteiger partial charge in [-0.1, -0.05) is 138 Å². The van der Waals surface area contributed by atoms with Gasteiger partial charge >= 0.3 is 0 Å². The molecule has 0 aliphatic heterocycles. The number of H-pyrrole nitrogens is 1. The fourth-order valence-electron chi connectivity index (χ4n) is 7.06. The van der Waals surface area contributed by atoms with Crippen LogP contribution in [0.4, 0.5) is 0 Å². The van der Waals surface area contributed by atoms with Crippen LogP contribution in [0, 0.1) is 0 Å². The molecule has 0 aliphatic carbocycles. The predicted octanol–water partition coefficient (Wildman–Crippen LogP) is 13.4. The number of rotatable bonds is 4. The first kappa shape index (κ1) is 36.3. The van der Waals surface area contributed by atoms with Crippen molar-refractivity contribution in [2.24, 2.45) is 0 Å². The van der Waals surface area contributed by atoms with Crippen LogP contribution in [-0.2, 0) is 21.7 Å². The average Bonchev–Trinajstić information content (AvgIpc) is 3.48. The SMILES string of the molecule is CC(C)(C)c1ccc(-c2cc(-c3ccc(C(C)(C)C)cc3)cc(-c3ncnc(-c4cc(C(C)(C)C)cc5c4[nH]c4ccc(C(C)(C)C)cc45)n3)c2)cc1. The van der Waals surface area contributed by atoms with E-state index in [2.05, 4.69) is 185 Å². The molecule has 0 bridgehead atoms. The minimum atomic E-state index is -0.0711. The first-order chi connectivity index (χ1) is 24.8. The number of hydrogen-bond acceptors (Lipinski definition) is 3. The number of aromatic amines is 1. The highest BCUT2D eigenvalue weighted by Gasteiger charge is 2.23. The van der Waals surface area contributed by atoms with Crippen LogP contribution in [-0.4, -0.2) is 19.9 Å². The molecule has 0 aliphatic rings. The Morgan fingerprint density at radius 1 is 0.396 bits per heavy atom. The zero-order chi connectivity index (χ0) is 38.1. The van der Waals surface area contributed by atoms with E-state index in [1.54, 1.807) is 6.33 Å². The molecule has 0 saturated heterocycles. The molecule has 270 valence electrons. The van der Waals surface area contributed by atoms with Crippen LogP contribution < -0.4 is 0 Å². The highest BCUT2D eigenvalue weighted by molar-refractivity contribution is 6.12. The molecule has 0 fully saturated rings. The summed E-state index contributed by atoms with van der Waals surface area (Å²) >= 11 is 0. The summed E-state index contributed by atoms with van der Waals surface area (Å²) in [4.78, 5) is 18.6. The van der Waals surface area contributed by atoms with Gasteiger partial charge in [0, 0.05) is 27.4 Å². The van der Waals surface area contributed by atoms with Crippen LogP contribution in [0.1, 0.15) is 105 Å². The monoisotopic (exact) mass is 698 g/mol. The highest BCUT2D eigenvalue weighted by atomic mass is 15.0. The van der Waals surface area contributed by atoms with Gasteiger partial charge in [0.1, 0.15) is 6.33 Å². The van der Waals surface area contributed by atoms with Crippen molar-refractivity contribution in [2.75, 3.05) is 0 Å². The number of aromatic nitrogens is 4. The summed E-state index contributed by atoms with van der Waals surface area (Å²) in [7, 11) is 0. The molecule has 7 rings (SSSR count). The molecule has 0 radical (unpaired) electrons. The van der Waals surface area contributed by atoms with Crippen molar-refractivity contribution >= 4 is 21.8 Å². The van der Waals surface area contributed by atoms with Gasteiger partial charge in [0.2, 0.25) is 0 Å². The summed E-state index contributed by atoms with van der Waals surface area (Å²) in [6, 6.07) is 36.1. The smallest absolute Gasteiger partial charge is 0.165 e. The Morgan fingerprint density at radius 3 is 1.36 bits per heavy atom. The Balaban J connectivity index is 1.41. The number of hydrogen-bond donors (Lipinski definition) is 1. The number of benzene rings is 5. The van der Waals surface area contributed by atoms with Crippen molar-refractivity contribution in [3.05, 3.63) is 126 Å². The molecule has 7 aromatic rings. The summed E-state index contributed by atoms with van der Waals surface area (Å²) < 4.78 is 0. The summed E-state index contributed by atoms with van der Waals surface area (Å²) in [5.41, 5.74) is 14.0. The molecular formula is C49H54N4. The second-order valence-corrected chi connectivity index (χ2v) is 18.9. The van der Waals surface area contributed by atoms with Crippen molar-refractivity contribution in [1.82, 2.24) is 19.9 Å². The third-order valence-electron chi connectivity index (χ3n) is 10.6. The number of nitrogens with one attached hydrogen (secondary N) is 1. The molecule has 0 amide bonds. The van der Waals surface area contributed by atoms with Gasteiger partial charge in [-0.2, -0.15) is 0 Å². The van der Waals surface area contributed by atoms with E-state index in [-0.39, 0.29) is 21.7 Å². The lowest BCUT2D eigenvalue weighted by atomic mass is 9.84. The van der Waals surface area contributed by atoms with E-state index in [1.807, 2.05) is 0 Å². The molecular weight excluding hydrogens is 645 g/mol. The van der Waals surface area contributed by atoms with Crippen LogP contribution in [0.15, 0.2) is 103 Å². The number of nitrogens with zero attached hydrogens (tertiary/aromatic N) is 3. The quantitative estimate of drug-likeness (QED) is 0.199. The summed E-state index contributed by atoms with van der Waals surface area (Å²) in [6.07, 6.45) is 1.66. The Kier molecular flexibility index (Phi) is 8.76. The Morgan fingerprint density at radius 2 is 0.849 bits per heavy atom. The lowest BCUT2D eigenvalue weighted by Crippen LogP contribution is -2.11. The molecule has 2 aromatic heterocycles. The van der Waals surface area contributed by atoms with Crippen molar-refractivity contribution in [1.29, 1.82) is 0 Å². The Hall–Kier alpha value is -5.09. The Bertz CT molecular complexity index is 2380. The van der Waals surface area contributed by atoms with Gasteiger partial charge in [-0.05, 0) is 109 Å². The lowest BCUT2D eigenvalue weighted by molar-refractivity contribution is 0.590. The fraction of sp³-hybridized carbons (Fsp3) is 0.327. The van der Waals surface area contributed by atoms with E-state index >= 15 is 0 Å². The lowest BCUT2D eigenvalue weighted by Gasteiger charge is -2.21. The van der Waals surface area contributed by atoms with Crippen molar-refractivity contribution in [2.45, 2.75) is 105 Å². The van der Waals surface area contributed by atoms with E-state index < -0.39 is 0 Å². The van der Waals surface area contributed by atoms with E-state index in [0.717, 1.165) is 44.4 Å². The maximum atomic E-state index is 5.23. The van der Waals surface area contributed by atoms with Crippen LogP contribution in [0.25, 0.3) is 66.8 Å². The summed E-state index contributed by atoms with van der Waals surface area (Å²) in [5.74, 6) is 1.31. The van der Waals surface area contributed by atoms with Gasteiger partial charge < -0.3 is 4.98 Å². The maximum absolute atomic E-state index is 5.23. The third-order valence-corrected chi connectivity index (χ3v) is 10.6. The molecule has 5 aromatic carbocycles. The standard InChI is InChI=1S/C49H54N4/c1-46(2,3)35-17-13-30(14-18-35)32-23-33(31-15-19-36(20-16-31)47(4,5)6)25-34(24-32)44-50-29-51-45(53-44)41-28-38(49(10,11)12)27-40-39-26-37(48(7,8)9)21-22-42(39)52-43(40)41/h13-29,52H,1-12H3. The molecule has 0 spiro atoms. The summed E-state index contributed by atoms with van der Waals surface area (Å²) in [6.45, 7) is 27.1. The molecule has 4 nitrogen and oxygen atoms in total. The normalized spacial score (nSPS) is 12.9. The van der Waals surface area contributed by atoms with Gasteiger partial charge in [-0.15, -0.1) is 0 Å². The number of fused-ring (bicyclic) bond motifs is 3. The van der Waals surface area contributed by atoms with Crippen LogP contribution in [0.3, 0.4) is 0 Å². The third kappa shape index (κ3) is 7.29. The van der Waals surface area contributed by atoms with E-state index in [1.165, 1.54) is 33.0 Å². The van der Waals surface area contributed by atoms with E-state index in [0.29, 0.717) is 11.6 Å². The average molecular weight is 699 g/mol. The van der Waals surface area contributed by atoms with Crippen LogP contribution >= 0.6 is 0 Å².